The molecule has 0 aromatic heterocycles. The minimum Gasteiger partial charge on any atom is -0.189 e. The second kappa shape index (κ2) is 1.80. The molecule has 1 aromatic carbocycles. The highest BCUT2D eigenvalue weighted by Crippen LogP contribution is 2.21. The Balaban J connectivity index is 2.54. The van der Waals surface area contributed by atoms with Crippen LogP contribution in [0.15, 0.2) is 24.3 Å². The van der Waals surface area contributed by atoms with E-state index in [9.17, 15) is 0 Å². The average molecular weight is 117 g/mol. The summed E-state index contributed by atoms with van der Waals surface area (Å²) in [7, 11) is 0. The van der Waals surface area contributed by atoms with Crippen molar-refractivity contribution in [1.82, 2.24) is 0 Å². The lowest BCUT2D eigenvalue weighted by atomic mass is 10.1. The normalized spacial score (nSPS) is 14.7. The molecule has 0 N–H and O–H groups in total. The lowest BCUT2D eigenvalue weighted by Gasteiger charge is -2.03. The van der Waals surface area contributed by atoms with Crippen molar-refractivity contribution in [3.63, 3.8) is 0 Å². The fourth-order valence-electron chi connectivity index (χ4n) is 1.34. The van der Waals surface area contributed by atoms with Gasteiger partial charge in [-0.15, -0.1) is 17.7 Å². The average Bonchev–Trinajstić information content (AvgIpc) is 2.33. The Morgan fingerprint density at radius 1 is 1.22 bits per heavy atom. The molecule has 0 aliphatic heterocycles. The van der Waals surface area contributed by atoms with Crippen LogP contribution in [0.2, 0.25) is 0 Å². The van der Waals surface area contributed by atoms with Crippen LogP contribution in [0, 0.1) is 6.42 Å². The maximum atomic E-state index is 2.30. The summed E-state index contributed by atoms with van der Waals surface area (Å²) in [6.07, 6.45) is 4.78. The molecule has 0 saturated heterocycles. The molecular formula is C9H9-. The van der Waals surface area contributed by atoms with E-state index >= 15 is 0 Å². The summed E-state index contributed by atoms with van der Waals surface area (Å²) in [6.45, 7) is 0. The van der Waals surface area contributed by atoms with E-state index in [0.717, 1.165) is 0 Å². The molecule has 0 bridgehead atoms. The maximum absolute atomic E-state index is 2.30. The van der Waals surface area contributed by atoms with Crippen LogP contribution in [0.5, 0.6) is 0 Å². The monoisotopic (exact) mass is 117 g/mol. The molecular weight excluding hydrogens is 108 g/mol. The smallest absolute Gasteiger partial charge is 0.0804 e. The lowest BCUT2D eigenvalue weighted by molar-refractivity contribution is 1.03. The largest absolute Gasteiger partial charge is 0.189 e. The third kappa shape index (κ3) is 0.710. The Bertz CT molecular complexity index is 190. The van der Waals surface area contributed by atoms with Crippen molar-refractivity contribution in [1.29, 1.82) is 0 Å². The Hall–Kier alpha value is -0.910. The number of fused-ring (bicyclic) bond motifs is 1. The predicted octanol–water partition coefficient (Wildman–Crippen LogP) is 2.19. The van der Waals surface area contributed by atoms with Gasteiger partial charge in [-0.1, -0.05) is 18.9 Å². The van der Waals surface area contributed by atoms with Crippen molar-refractivity contribution in [2.75, 3.05) is 0 Å². The molecule has 1 aliphatic rings. The molecule has 0 radical (unpaired) electrons. The van der Waals surface area contributed by atoms with Gasteiger partial charge in [0, 0.05) is 0 Å². The number of aryl methyl sites for hydroxylation is 1. The maximum Gasteiger partial charge on any atom is -0.0804 e. The van der Waals surface area contributed by atoms with E-state index in [1.54, 1.807) is 0 Å². The Morgan fingerprint density at radius 3 is 3.00 bits per heavy atom. The van der Waals surface area contributed by atoms with E-state index in [1.165, 1.54) is 24.0 Å². The van der Waals surface area contributed by atoms with Gasteiger partial charge in [0.1, 0.15) is 0 Å². The standard InChI is InChI=1S/C9H9/c1-2-5-9-7-3-6-8(9)4-1/h1-2,4-6H,3,7H2/q-1. The topological polar surface area (TPSA) is 0 Å². The van der Waals surface area contributed by atoms with Crippen molar-refractivity contribution in [3.8, 4) is 0 Å². The number of hydrogen-bond donors (Lipinski definition) is 0. The van der Waals surface area contributed by atoms with Gasteiger partial charge in [-0.05, 0) is 0 Å². The van der Waals surface area contributed by atoms with E-state index < -0.39 is 0 Å². The van der Waals surface area contributed by atoms with Gasteiger partial charge in [0.25, 0.3) is 0 Å². The van der Waals surface area contributed by atoms with Gasteiger partial charge in [0.2, 0.25) is 0 Å². The van der Waals surface area contributed by atoms with E-state index in [4.69, 9.17) is 0 Å². The highest BCUT2D eigenvalue weighted by Gasteiger charge is 1.97. The Kier molecular flexibility index (Phi) is 0.984. The predicted molar refractivity (Wildman–Crippen MR) is 38.2 cm³/mol. The van der Waals surface area contributed by atoms with E-state index in [1.807, 2.05) is 0 Å². The van der Waals surface area contributed by atoms with Gasteiger partial charge in [0.15, 0.2) is 0 Å². The molecule has 1 aromatic rings. The second-order valence-corrected chi connectivity index (χ2v) is 2.44. The van der Waals surface area contributed by atoms with Crippen LogP contribution in [-0.2, 0) is 6.42 Å². The van der Waals surface area contributed by atoms with Gasteiger partial charge in [-0.25, -0.2) is 0 Å². The van der Waals surface area contributed by atoms with Crippen LogP contribution >= 0.6 is 0 Å². The minimum absolute atomic E-state index is 1.24. The summed E-state index contributed by atoms with van der Waals surface area (Å²) >= 11 is 0. The summed E-state index contributed by atoms with van der Waals surface area (Å²) < 4.78 is 0. The molecule has 1 aliphatic carbocycles. The zero-order chi connectivity index (χ0) is 6.10. The third-order valence-corrected chi connectivity index (χ3v) is 1.83. The van der Waals surface area contributed by atoms with Gasteiger partial charge in [0.05, 0.1) is 0 Å². The molecule has 0 fully saturated rings. The molecule has 0 spiro atoms. The van der Waals surface area contributed by atoms with Crippen molar-refractivity contribution in [2.24, 2.45) is 0 Å². The summed E-state index contributed by atoms with van der Waals surface area (Å²) in [5, 5.41) is 0. The Morgan fingerprint density at radius 2 is 2.11 bits per heavy atom. The van der Waals surface area contributed by atoms with Gasteiger partial charge < -0.3 is 0 Å². The molecule has 0 heterocycles. The summed E-state index contributed by atoms with van der Waals surface area (Å²) in [5.74, 6) is 0. The van der Waals surface area contributed by atoms with Crippen LogP contribution in [0.1, 0.15) is 17.5 Å². The van der Waals surface area contributed by atoms with Crippen LogP contribution in [0.25, 0.3) is 0 Å². The fraction of sp³-hybridized carbons (Fsp3) is 0.222. The zero-order valence-electron chi connectivity index (χ0n) is 5.30. The van der Waals surface area contributed by atoms with E-state index in [0.29, 0.717) is 0 Å². The number of hydrogen-bond acceptors (Lipinski definition) is 0. The molecule has 0 heteroatoms. The molecule has 9 heavy (non-hydrogen) atoms. The molecule has 0 atom stereocenters. The minimum atomic E-state index is 1.24. The van der Waals surface area contributed by atoms with Crippen molar-refractivity contribution < 1.29 is 0 Å². The second-order valence-electron chi connectivity index (χ2n) is 2.44. The number of rotatable bonds is 0. The van der Waals surface area contributed by atoms with Crippen molar-refractivity contribution in [2.45, 2.75) is 12.8 Å². The zero-order valence-corrected chi connectivity index (χ0v) is 5.30. The van der Waals surface area contributed by atoms with Gasteiger partial charge in [-0.2, -0.15) is 18.1 Å². The first-order chi connectivity index (χ1) is 4.47. The SMILES string of the molecule is c1ccc2c(c1)[CH-]CC2. The molecule has 2 rings (SSSR count). The van der Waals surface area contributed by atoms with Gasteiger partial charge in [-0.3, -0.25) is 0 Å². The van der Waals surface area contributed by atoms with Crippen LogP contribution in [-0.4, -0.2) is 0 Å². The molecule has 0 nitrogen and oxygen atoms in total. The highest BCUT2D eigenvalue weighted by molar-refractivity contribution is 5.37. The first kappa shape index (κ1) is 4.92. The third-order valence-electron chi connectivity index (χ3n) is 1.83. The first-order valence-corrected chi connectivity index (χ1v) is 3.38. The van der Waals surface area contributed by atoms with Crippen molar-refractivity contribution in [3.05, 3.63) is 41.8 Å². The highest BCUT2D eigenvalue weighted by atomic mass is 14.1. The number of benzene rings is 1. The summed E-state index contributed by atoms with van der Waals surface area (Å²) in [4.78, 5) is 0. The quantitative estimate of drug-likeness (QED) is 0.457. The summed E-state index contributed by atoms with van der Waals surface area (Å²) in [6, 6.07) is 8.60. The van der Waals surface area contributed by atoms with Gasteiger partial charge >= 0.3 is 0 Å². The molecule has 46 valence electrons. The van der Waals surface area contributed by atoms with Crippen LogP contribution in [0.3, 0.4) is 0 Å². The van der Waals surface area contributed by atoms with E-state index in [-0.39, 0.29) is 0 Å². The molecule has 0 saturated carbocycles. The Labute approximate surface area is 55.5 Å². The lowest BCUT2D eigenvalue weighted by Crippen LogP contribution is -1.76. The molecule has 0 amide bonds. The van der Waals surface area contributed by atoms with Crippen LogP contribution < -0.4 is 0 Å². The van der Waals surface area contributed by atoms with Crippen molar-refractivity contribution >= 4 is 0 Å². The summed E-state index contributed by atoms with van der Waals surface area (Å²) in [5.41, 5.74) is 2.95. The first-order valence-electron chi connectivity index (χ1n) is 3.38. The molecule has 0 unspecified atom stereocenters. The van der Waals surface area contributed by atoms with E-state index in [2.05, 4.69) is 30.7 Å². The van der Waals surface area contributed by atoms with Crippen LogP contribution in [0.4, 0.5) is 0 Å². The fourth-order valence-corrected chi connectivity index (χ4v) is 1.34.